The van der Waals surface area contributed by atoms with E-state index in [4.69, 9.17) is 11.6 Å². The average molecular weight is 425 g/mol. The largest absolute Gasteiger partial charge is 0.480 e. The molecule has 0 fully saturated rings. The van der Waals surface area contributed by atoms with Crippen molar-refractivity contribution in [1.29, 1.82) is 0 Å². The smallest absolute Gasteiger partial charge is 0.326 e. The van der Waals surface area contributed by atoms with Crippen LogP contribution in [0.4, 0.5) is 11.5 Å². The van der Waals surface area contributed by atoms with Crippen LogP contribution in [0.15, 0.2) is 60.7 Å². The molecule has 0 radical (unpaired) electrons. The first-order valence-corrected chi connectivity index (χ1v) is 9.71. The molecule has 1 amide bonds. The first kappa shape index (κ1) is 21.3. The van der Waals surface area contributed by atoms with Gasteiger partial charge in [0, 0.05) is 21.8 Å². The van der Waals surface area contributed by atoms with Gasteiger partial charge in [-0.3, -0.25) is 4.79 Å². The van der Waals surface area contributed by atoms with Crippen LogP contribution in [0.3, 0.4) is 0 Å². The topological polar surface area (TPSA) is 104 Å². The number of aliphatic carboxylic acids is 1. The Morgan fingerprint density at radius 2 is 1.73 bits per heavy atom. The molecule has 0 aliphatic rings. The Hall–Kier alpha value is -3.45. The fourth-order valence-corrected chi connectivity index (χ4v) is 2.99. The minimum atomic E-state index is -1.06. The van der Waals surface area contributed by atoms with Gasteiger partial charge in [0.05, 0.1) is 5.69 Å². The standard InChI is InChI=1S/C22H21ClN4O3/c1-13(2)20(22(29)30)25-21(28)15-8-6-14(7-9-15)18-10-11-19(27-26-18)24-17-5-3-4-16(23)12-17/h3-13,20H,1-2H3,(H,24,27)(H,25,28)(H,29,30). The maximum atomic E-state index is 12.3. The Morgan fingerprint density at radius 1 is 1.00 bits per heavy atom. The number of hydrogen-bond acceptors (Lipinski definition) is 5. The van der Waals surface area contributed by atoms with Crippen LogP contribution in [0.2, 0.25) is 5.02 Å². The predicted molar refractivity (Wildman–Crippen MR) is 116 cm³/mol. The summed E-state index contributed by atoms with van der Waals surface area (Å²) in [4.78, 5) is 23.6. The number of nitrogens with zero attached hydrogens (tertiary/aromatic N) is 2. The van der Waals surface area contributed by atoms with Crippen molar-refractivity contribution in [2.75, 3.05) is 5.32 Å². The van der Waals surface area contributed by atoms with Gasteiger partial charge >= 0.3 is 5.97 Å². The third-order valence-electron chi connectivity index (χ3n) is 4.42. The summed E-state index contributed by atoms with van der Waals surface area (Å²) in [6.45, 7) is 3.48. The van der Waals surface area contributed by atoms with E-state index in [2.05, 4.69) is 20.8 Å². The van der Waals surface area contributed by atoms with E-state index >= 15 is 0 Å². The minimum absolute atomic E-state index is 0.222. The number of rotatable bonds is 7. The van der Waals surface area contributed by atoms with E-state index < -0.39 is 17.9 Å². The quantitative estimate of drug-likeness (QED) is 0.520. The van der Waals surface area contributed by atoms with Crippen molar-refractivity contribution in [3.63, 3.8) is 0 Å². The number of benzene rings is 2. The molecular formula is C22H21ClN4O3. The third-order valence-corrected chi connectivity index (χ3v) is 4.66. The first-order chi connectivity index (χ1) is 14.3. The van der Waals surface area contributed by atoms with Gasteiger partial charge < -0.3 is 15.7 Å². The number of halogens is 1. The summed E-state index contributed by atoms with van der Waals surface area (Å²) in [6.07, 6.45) is 0. The molecule has 3 N–H and O–H groups in total. The maximum Gasteiger partial charge on any atom is 0.326 e. The third kappa shape index (κ3) is 5.33. The number of hydrogen-bond donors (Lipinski definition) is 3. The normalized spacial score (nSPS) is 11.7. The fraction of sp³-hybridized carbons (Fsp3) is 0.182. The maximum absolute atomic E-state index is 12.3. The van der Waals surface area contributed by atoms with Crippen LogP contribution in [0.25, 0.3) is 11.3 Å². The molecule has 2 aromatic carbocycles. The van der Waals surface area contributed by atoms with Crippen molar-refractivity contribution in [2.24, 2.45) is 5.92 Å². The molecule has 0 bridgehead atoms. The van der Waals surface area contributed by atoms with Gasteiger partial charge in [0.25, 0.3) is 5.91 Å². The highest BCUT2D eigenvalue weighted by Gasteiger charge is 2.23. The van der Waals surface area contributed by atoms with Gasteiger partial charge in [-0.2, -0.15) is 0 Å². The number of nitrogens with one attached hydrogen (secondary N) is 2. The molecule has 8 heteroatoms. The number of carboxylic acids is 1. The van der Waals surface area contributed by atoms with Crippen LogP contribution in [0.5, 0.6) is 0 Å². The van der Waals surface area contributed by atoms with Gasteiger partial charge in [0.1, 0.15) is 6.04 Å². The molecule has 3 rings (SSSR count). The van der Waals surface area contributed by atoms with Crippen molar-refractivity contribution in [3.8, 4) is 11.3 Å². The molecule has 0 saturated heterocycles. The molecule has 1 heterocycles. The van der Waals surface area contributed by atoms with Crippen LogP contribution in [-0.4, -0.2) is 33.2 Å². The van der Waals surface area contributed by atoms with E-state index in [9.17, 15) is 14.7 Å². The van der Waals surface area contributed by atoms with Crippen molar-refractivity contribution in [2.45, 2.75) is 19.9 Å². The second-order valence-corrected chi connectivity index (χ2v) is 7.49. The summed E-state index contributed by atoms with van der Waals surface area (Å²) < 4.78 is 0. The lowest BCUT2D eigenvalue weighted by atomic mass is 10.0. The second-order valence-electron chi connectivity index (χ2n) is 7.05. The molecule has 7 nitrogen and oxygen atoms in total. The molecule has 0 aliphatic heterocycles. The number of amides is 1. The van der Waals surface area contributed by atoms with E-state index in [-0.39, 0.29) is 5.92 Å². The van der Waals surface area contributed by atoms with Gasteiger partial charge in [0.15, 0.2) is 5.82 Å². The molecule has 3 aromatic rings. The van der Waals surface area contributed by atoms with Crippen molar-refractivity contribution in [3.05, 3.63) is 71.2 Å². The van der Waals surface area contributed by atoms with Gasteiger partial charge in [-0.15, -0.1) is 10.2 Å². The zero-order valence-corrected chi connectivity index (χ0v) is 17.2. The summed E-state index contributed by atoms with van der Waals surface area (Å²) in [7, 11) is 0. The van der Waals surface area contributed by atoms with Gasteiger partial charge in [0.2, 0.25) is 0 Å². The van der Waals surface area contributed by atoms with E-state index in [0.29, 0.717) is 22.1 Å². The number of carbonyl (C=O) groups is 2. The van der Waals surface area contributed by atoms with E-state index in [0.717, 1.165) is 11.3 Å². The Labute approximate surface area is 179 Å². The Morgan fingerprint density at radius 3 is 2.30 bits per heavy atom. The van der Waals surface area contributed by atoms with Crippen molar-refractivity contribution in [1.82, 2.24) is 15.5 Å². The van der Waals surface area contributed by atoms with Crippen LogP contribution < -0.4 is 10.6 Å². The first-order valence-electron chi connectivity index (χ1n) is 9.34. The highest BCUT2D eigenvalue weighted by atomic mass is 35.5. The van der Waals surface area contributed by atoms with E-state index in [1.807, 2.05) is 18.2 Å². The van der Waals surface area contributed by atoms with Crippen LogP contribution in [0, 0.1) is 5.92 Å². The lowest BCUT2D eigenvalue weighted by Gasteiger charge is -2.17. The number of aromatic nitrogens is 2. The highest BCUT2D eigenvalue weighted by molar-refractivity contribution is 6.30. The van der Waals surface area contributed by atoms with E-state index in [1.54, 1.807) is 56.3 Å². The number of anilines is 2. The monoisotopic (exact) mass is 424 g/mol. The number of carboxylic acid groups (broad SMARTS) is 1. The molecule has 30 heavy (non-hydrogen) atoms. The summed E-state index contributed by atoms with van der Waals surface area (Å²) in [5.41, 5.74) is 2.61. The second kappa shape index (κ2) is 9.37. The lowest BCUT2D eigenvalue weighted by Crippen LogP contribution is -2.44. The summed E-state index contributed by atoms with van der Waals surface area (Å²) >= 11 is 5.98. The SMILES string of the molecule is CC(C)C(NC(=O)c1ccc(-c2ccc(Nc3cccc(Cl)c3)nn2)cc1)C(=O)O. The highest BCUT2D eigenvalue weighted by Crippen LogP contribution is 2.21. The fourth-order valence-electron chi connectivity index (χ4n) is 2.80. The van der Waals surface area contributed by atoms with Crippen LogP contribution in [0.1, 0.15) is 24.2 Å². The molecular weight excluding hydrogens is 404 g/mol. The number of carbonyl (C=O) groups excluding carboxylic acids is 1. The molecule has 0 spiro atoms. The molecule has 1 aromatic heterocycles. The Kier molecular flexibility index (Phi) is 6.64. The lowest BCUT2D eigenvalue weighted by molar-refractivity contribution is -0.140. The van der Waals surface area contributed by atoms with Crippen molar-refractivity contribution < 1.29 is 14.7 Å². The minimum Gasteiger partial charge on any atom is -0.480 e. The summed E-state index contributed by atoms with van der Waals surface area (Å²) in [5.74, 6) is -1.14. The summed E-state index contributed by atoms with van der Waals surface area (Å²) in [6, 6.07) is 16.7. The zero-order valence-electron chi connectivity index (χ0n) is 16.5. The molecule has 154 valence electrons. The average Bonchev–Trinajstić information content (AvgIpc) is 2.72. The molecule has 1 atom stereocenters. The van der Waals surface area contributed by atoms with Gasteiger partial charge in [-0.25, -0.2) is 4.79 Å². The predicted octanol–water partition coefficient (Wildman–Crippen LogP) is 4.38. The zero-order chi connectivity index (χ0) is 21.7. The van der Waals surface area contributed by atoms with Gasteiger partial charge in [-0.1, -0.05) is 43.6 Å². The molecule has 0 saturated carbocycles. The summed E-state index contributed by atoms with van der Waals surface area (Å²) in [5, 5.41) is 23.9. The van der Waals surface area contributed by atoms with Crippen LogP contribution in [-0.2, 0) is 4.79 Å². The Balaban J connectivity index is 1.68. The van der Waals surface area contributed by atoms with E-state index in [1.165, 1.54) is 0 Å². The van der Waals surface area contributed by atoms with Crippen LogP contribution >= 0.6 is 11.6 Å². The van der Waals surface area contributed by atoms with Crippen molar-refractivity contribution >= 4 is 35.0 Å². The molecule has 0 aliphatic carbocycles. The van der Waals surface area contributed by atoms with Gasteiger partial charge in [-0.05, 0) is 48.4 Å². The molecule has 1 unspecified atom stereocenters. The Bertz CT molecular complexity index is 1040.